The number of piperidine rings is 1. The van der Waals surface area contributed by atoms with Gasteiger partial charge in [-0.3, -0.25) is 0 Å². The van der Waals surface area contributed by atoms with Gasteiger partial charge in [0.1, 0.15) is 16.7 Å². The van der Waals surface area contributed by atoms with Gasteiger partial charge in [0.05, 0.1) is 17.4 Å². The molecule has 1 saturated carbocycles. The van der Waals surface area contributed by atoms with Gasteiger partial charge in [0, 0.05) is 18.0 Å². The summed E-state index contributed by atoms with van der Waals surface area (Å²) < 4.78 is 0. The molecule has 2 aromatic rings. The molecule has 2 N–H and O–H groups in total. The number of hydrogen-bond donors (Lipinski definition) is 1. The van der Waals surface area contributed by atoms with Gasteiger partial charge in [-0.15, -0.1) is 0 Å². The van der Waals surface area contributed by atoms with Gasteiger partial charge in [-0.1, -0.05) is 47.8 Å². The zero-order valence-corrected chi connectivity index (χ0v) is 16.7. The first-order valence-electron chi connectivity index (χ1n) is 8.91. The van der Waals surface area contributed by atoms with Crippen molar-refractivity contribution in [3.05, 3.63) is 28.6 Å². The summed E-state index contributed by atoms with van der Waals surface area (Å²) in [6.07, 6.45) is 11.8. The fourth-order valence-corrected chi connectivity index (χ4v) is 5.31. The maximum Gasteiger partial charge on any atom is 0.151 e. The van der Waals surface area contributed by atoms with Crippen LogP contribution in [0.2, 0.25) is 10.2 Å². The smallest absolute Gasteiger partial charge is 0.151 e. The number of pyridine rings is 1. The van der Waals surface area contributed by atoms with E-state index in [1.165, 1.54) is 50.3 Å². The first-order valence-corrected chi connectivity index (χ1v) is 10.5. The average Bonchev–Trinajstić information content (AvgIpc) is 3.09. The number of aromatic nitrogens is 3. The highest BCUT2D eigenvalue weighted by atomic mass is 35.5. The van der Waals surface area contributed by atoms with E-state index < -0.39 is 0 Å². The van der Waals surface area contributed by atoms with Crippen molar-refractivity contribution in [1.82, 2.24) is 15.0 Å². The van der Waals surface area contributed by atoms with Crippen LogP contribution in [-0.2, 0) is 0 Å². The Bertz CT molecular complexity index is 783. The predicted molar refractivity (Wildman–Crippen MR) is 107 cm³/mol. The molecule has 0 atom stereocenters. The molecule has 2 fully saturated rings. The summed E-state index contributed by atoms with van der Waals surface area (Å²) in [7, 11) is 0. The van der Waals surface area contributed by atoms with Crippen molar-refractivity contribution in [1.29, 1.82) is 0 Å². The van der Waals surface area contributed by atoms with Gasteiger partial charge >= 0.3 is 0 Å². The molecule has 26 heavy (non-hydrogen) atoms. The highest BCUT2D eigenvalue weighted by Crippen LogP contribution is 2.46. The van der Waals surface area contributed by atoms with Crippen molar-refractivity contribution in [2.75, 3.05) is 23.7 Å². The van der Waals surface area contributed by atoms with Crippen LogP contribution in [0.15, 0.2) is 28.4 Å². The van der Waals surface area contributed by atoms with Crippen molar-refractivity contribution in [2.45, 2.75) is 48.4 Å². The monoisotopic (exact) mass is 409 g/mol. The van der Waals surface area contributed by atoms with Crippen LogP contribution in [0.4, 0.5) is 11.6 Å². The molecule has 5 nitrogen and oxygen atoms in total. The number of anilines is 2. The van der Waals surface area contributed by atoms with E-state index >= 15 is 0 Å². The topological polar surface area (TPSA) is 67.9 Å². The molecule has 0 radical (unpaired) electrons. The van der Waals surface area contributed by atoms with Crippen LogP contribution >= 0.6 is 35.0 Å². The van der Waals surface area contributed by atoms with E-state index in [4.69, 9.17) is 28.9 Å². The number of rotatable bonds is 3. The number of hydrogen-bond acceptors (Lipinski definition) is 6. The normalized spacial score (nSPS) is 19.2. The predicted octanol–water partition coefficient (Wildman–Crippen LogP) is 5.07. The molecule has 0 unspecified atom stereocenters. The minimum absolute atomic E-state index is 0.202. The summed E-state index contributed by atoms with van der Waals surface area (Å²) in [6.45, 7) is 2.15. The molecule has 1 spiro atoms. The van der Waals surface area contributed by atoms with Gasteiger partial charge in [-0.05, 0) is 37.2 Å². The molecule has 1 aliphatic carbocycles. The fourth-order valence-electron chi connectivity index (χ4n) is 4.04. The average molecular weight is 410 g/mol. The molecule has 4 rings (SSSR count). The second-order valence-corrected chi connectivity index (χ2v) is 8.96. The van der Waals surface area contributed by atoms with E-state index in [1.807, 2.05) is 6.20 Å². The van der Waals surface area contributed by atoms with Gasteiger partial charge in [0.2, 0.25) is 0 Å². The van der Waals surface area contributed by atoms with Crippen LogP contribution in [0.25, 0.3) is 0 Å². The van der Waals surface area contributed by atoms with Gasteiger partial charge in [0.15, 0.2) is 5.15 Å². The van der Waals surface area contributed by atoms with Crippen LogP contribution in [0.5, 0.6) is 0 Å². The third kappa shape index (κ3) is 3.73. The lowest BCUT2D eigenvalue weighted by atomic mass is 9.77. The molecule has 1 saturated heterocycles. The van der Waals surface area contributed by atoms with E-state index in [-0.39, 0.29) is 5.15 Å². The molecular formula is C18H21Cl2N5S. The molecule has 3 heterocycles. The largest absolute Gasteiger partial charge is 0.384 e. The first kappa shape index (κ1) is 18.1. The Kier molecular flexibility index (Phi) is 5.17. The Morgan fingerprint density at radius 1 is 1.04 bits per heavy atom. The molecule has 0 amide bonds. The van der Waals surface area contributed by atoms with E-state index in [1.54, 1.807) is 12.3 Å². The minimum atomic E-state index is 0.202. The van der Waals surface area contributed by atoms with Crippen molar-refractivity contribution in [3.63, 3.8) is 0 Å². The van der Waals surface area contributed by atoms with Crippen molar-refractivity contribution in [3.8, 4) is 0 Å². The number of nitrogen functional groups attached to an aromatic ring is 1. The van der Waals surface area contributed by atoms with E-state index in [0.717, 1.165) is 28.8 Å². The molecule has 2 aromatic heterocycles. The van der Waals surface area contributed by atoms with Crippen LogP contribution in [0.1, 0.15) is 38.5 Å². The highest BCUT2D eigenvalue weighted by Gasteiger charge is 2.37. The molecule has 138 valence electrons. The third-order valence-corrected chi connectivity index (χ3v) is 7.37. The molecule has 0 bridgehead atoms. The zero-order valence-electron chi connectivity index (χ0n) is 14.4. The summed E-state index contributed by atoms with van der Waals surface area (Å²) in [5.41, 5.74) is 6.35. The van der Waals surface area contributed by atoms with Gasteiger partial charge < -0.3 is 10.6 Å². The van der Waals surface area contributed by atoms with Gasteiger partial charge in [-0.25, -0.2) is 15.0 Å². The molecule has 2 aliphatic rings. The van der Waals surface area contributed by atoms with Crippen molar-refractivity contribution >= 4 is 46.6 Å². The number of nitrogens with zero attached hydrogens (tertiary/aromatic N) is 4. The molecular weight excluding hydrogens is 389 g/mol. The second kappa shape index (κ2) is 7.41. The SMILES string of the molecule is Nc1cc(Sc2cnc(N3CCC4(CCCC4)CC3)cn2)c(Cl)c(Cl)n1. The lowest BCUT2D eigenvalue weighted by Gasteiger charge is -2.39. The van der Waals surface area contributed by atoms with E-state index in [0.29, 0.717) is 16.3 Å². The van der Waals surface area contributed by atoms with Gasteiger partial charge in [-0.2, -0.15) is 0 Å². The number of nitrogens with two attached hydrogens (primary N) is 1. The molecule has 1 aliphatic heterocycles. The van der Waals surface area contributed by atoms with Crippen LogP contribution < -0.4 is 10.6 Å². The van der Waals surface area contributed by atoms with Crippen LogP contribution in [-0.4, -0.2) is 28.0 Å². The van der Waals surface area contributed by atoms with Crippen molar-refractivity contribution < 1.29 is 0 Å². The Morgan fingerprint density at radius 3 is 2.42 bits per heavy atom. The molecule has 0 aromatic carbocycles. The van der Waals surface area contributed by atoms with Crippen LogP contribution in [0, 0.1) is 5.41 Å². The number of halogens is 2. The third-order valence-electron chi connectivity index (χ3n) is 5.55. The molecule has 8 heteroatoms. The summed E-state index contributed by atoms with van der Waals surface area (Å²) in [5, 5.41) is 1.34. The zero-order chi connectivity index (χ0) is 18.1. The summed E-state index contributed by atoms with van der Waals surface area (Å²) in [5.74, 6) is 1.28. The summed E-state index contributed by atoms with van der Waals surface area (Å²) in [4.78, 5) is 16.2. The Balaban J connectivity index is 1.43. The fraction of sp³-hybridized carbons (Fsp3) is 0.500. The highest BCUT2D eigenvalue weighted by molar-refractivity contribution is 7.99. The first-order chi connectivity index (χ1) is 12.5. The van der Waals surface area contributed by atoms with Crippen LogP contribution in [0.3, 0.4) is 0 Å². The quantitative estimate of drug-likeness (QED) is 0.713. The van der Waals surface area contributed by atoms with Crippen molar-refractivity contribution in [2.24, 2.45) is 5.41 Å². The maximum atomic E-state index is 6.20. The van der Waals surface area contributed by atoms with Gasteiger partial charge in [0.25, 0.3) is 0 Å². The lowest BCUT2D eigenvalue weighted by Crippen LogP contribution is -2.39. The Hall–Kier alpha value is -1.24. The Morgan fingerprint density at radius 2 is 1.77 bits per heavy atom. The summed E-state index contributed by atoms with van der Waals surface area (Å²) in [6, 6.07) is 1.69. The van der Waals surface area contributed by atoms with E-state index in [2.05, 4.69) is 19.9 Å². The second-order valence-electron chi connectivity index (χ2n) is 7.16. The summed E-state index contributed by atoms with van der Waals surface area (Å²) >= 11 is 13.6. The maximum absolute atomic E-state index is 6.20. The lowest BCUT2D eigenvalue weighted by molar-refractivity contribution is 0.226. The Labute approximate surface area is 167 Å². The standard InChI is InChI=1S/C18H21Cl2N5S/c19-16-12(9-13(21)24-17(16)20)26-15-11-22-14(10-23-15)25-7-5-18(6-8-25)3-1-2-4-18/h9-11H,1-8H2,(H2,21,24). The minimum Gasteiger partial charge on any atom is -0.384 e. The van der Waals surface area contributed by atoms with E-state index in [9.17, 15) is 0 Å².